The van der Waals surface area contributed by atoms with Crippen molar-refractivity contribution < 1.29 is 9.21 Å². The van der Waals surface area contributed by atoms with Crippen LogP contribution < -0.4 is 15.6 Å². The molecule has 2 aliphatic heterocycles. The molecule has 0 radical (unpaired) electrons. The second-order valence-electron chi connectivity index (χ2n) is 10.7. The van der Waals surface area contributed by atoms with E-state index in [1.807, 2.05) is 6.07 Å². The average Bonchev–Trinajstić information content (AvgIpc) is 2.96. The van der Waals surface area contributed by atoms with Crippen molar-refractivity contribution in [3.63, 3.8) is 0 Å². The Labute approximate surface area is 235 Å². The number of amides is 1. The summed E-state index contributed by atoms with van der Waals surface area (Å²) < 4.78 is 6.16. The van der Waals surface area contributed by atoms with Crippen LogP contribution in [0.1, 0.15) is 86.2 Å². The van der Waals surface area contributed by atoms with E-state index in [1.165, 1.54) is 74.8 Å². The third kappa shape index (κ3) is 6.34. The highest BCUT2D eigenvalue weighted by Gasteiger charge is 2.21. The lowest BCUT2D eigenvalue weighted by Gasteiger charge is -2.31. The zero-order valence-electron chi connectivity index (χ0n) is 23.2. The van der Waals surface area contributed by atoms with Crippen LogP contribution in [0.25, 0.3) is 22.6 Å². The molecular formula is C33H36N4O3. The van der Waals surface area contributed by atoms with Gasteiger partial charge in [-0.05, 0) is 61.2 Å². The van der Waals surface area contributed by atoms with Crippen molar-refractivity contribution in [1.82, 2.24) is 4.98 Å². The molecule has 40 heavy (non-hydrogen) atoms. The number of rotatable bonds is 11. The summed E-state index contributed by atoms with van der Waals surface area (Å²) in [7, 11) is 0. The van der Waals surface area contributed by atoms with E-state index in [9.17, 15) is 9.59 Å². The first-order chi connectivity index (χ1) is 19.6. The minimum atomic E-state index is -0.527. The van der Waals surface area contributed by atoms with Gasteiger partial charge in [0.05, 0.1) is 17.2 Å². The Kier molecular flexibility index (Phi) is 8.75. The lowest BCUT2D eigenvalue weighted by atomic mass is 10.00. The molecule has 0 saturated carbocycles. The molecule has 0 saturated heterocycles. The largest absolute Gasteiger partial charge is 0.453 e. The van der Waals surface area contributed by atoms with E-state index in [0.717, 1.165) is 31.4 Å². The summed E-state index contributed by atoms with van der Waals surface area (Å²) >= 11 is 0. The van der Waals surface area contributed by atoms with Gasteiger partial charge in [0.15, 0.2) is 16.8 Å². The molecule has 5 rings (SSSR count). The third-order valence-corrected chi connectivity index (χ3v) is 7.70. The van der Waals surface area contributed by atoms with E-state index >= 15 is 0 Å². The van der Waals surface area contributed by atoms with Gasteiger partial charge in [0.25, 0.3) is 5.91 Å². The fourth-order valence-corrected chi connectivity index (χ4v) is 5.49. The van der Waals surface area contributed by atoms with E-state index < -0.39 is 11.3 Å². The van der Waals surface area contributed by atoms with E-state index in [1.54, 1.807) is 24.3 Å². The van der Waals surface area contributed by atoms with E-state index in [4.69, 9.17) is 14.7 Å². The highest BCUT2D eigenvalue weighted by atomic mass is 16.3. The Morgan fingerprint density at radius 3 is 2.52 bits per heavy atom. The van der Waals surface area contributed by atoms with Crippen LogP contribution in [-0.2, 0) is 6.42 Å². The summed E-state index contributed by atoms with van der Waals surface area (Å²) in [6.45, 7) is 4.33. The van der Waals surface area contributed by atoms with Gasteiger partial charge < -0.3 is 14.6 Å². The molecule has 7 nitrogen and oxygen atoms in total. The number of fused-ring (bicyclic) bond motifs is 3. The zero-order valence-corrected chi connectivity index (χ0v) is 23.2. The van der Waals surface area contributed by atoms with Crippen molar-refractivity contribution in [2.45, 2.75) is 71.1 Å². The number of aryl methyl sites for hydroxylation is 1. The van der Waals surface area contributed by atoms with Gasteiger partial charge in [-0.1, -0.05) is 51.9 Å². The Balaban J connectivity index is 1.32. The third-order valence-electron chi connectivity index (χ3n) is 7.70. The van der Waals surface area contributed by atoms with Crippen molar-refractivity contribution in [1.29, 1.82) is 5.26 Å². The lowest BCUT2D eigenvalue weighted by Crippen LogP contribution is -2.30. The molecule has 0 spiro atoms. The summed E-state index contributed by atoms with van der Waals surface area (Å²) in [4.78, 5) is 32.9. The van der Waals surface area contributed by atoms with Crippen molar-refractivity contribution in [3.05, 3.63) is 75.4 Å². The van der Waals surface area contributed by atoms with Crippen LogP contribution in [0.4, 0.5) is 11.4 Å². The van der Waals surface area contributed by atoms with Crippen LogP contribution in [0.5, 0.6) is 0 Å². The highest BCUT2D eigenvalue weighted by molar-refractivity contribution is 6.05. The van der Waals surface area contributed by atoms with Crippen molar-refractivity contribution in [2.24, 2.45) is 0 Å². The SMILES string of the molecule is CCCCCCCCCCN1CCCc2cc3nc4cc(C(=O)Nc5ccc(C#N)cc5)c(=O)cc-4oc3cc21. The topological polar surface area (TPSA) is 99.2 Å². The van der Waals surface area contributed by atoms with Crippen LogP contribution in [0.2, 0.25) is 0 Å². The van der Waals surface area contributed by atoms with Gasteiger partial charge in [-0.2, -0.15) is 5.26 Å². The zero-order chi connectivity index (χ0) is 27.9. The molecule has 0 aromatic heterocycles. The average molecular weight is 537 g/mol. The maximum Gasteiger partial charge on any atom is 0.259 e. The molecular weight excluding hydrogens is 500 g/mol. The number of carbonyl (C=O) groups excluding carboxylic acids is 1. The van der Waals surface area contributed by atoms with Crippen LogP contribution in [0.15, 0.2) is 57.7 Å². The van der Waals surface area contributed by atoms with Gasteiger partial charge >= 0.3 is 0 Å². The van der Waals surface area contributed by atoms with Gasteiger partial charge in [0.1, 0.15) is 11.2 Å². The molecule has 1 amide bonds. The van der Waals surface area contributed by atoms with E-state index in [2.05, 4.69) is 29.3 Å². The van der Waals surface area contributed by atoms with Crippen LogP contribution in [0.3, 0.4) is 0 Å². The second kappa shape index (κ2) is 12.8. The number of nitrogens with one attached hydrogen (secondary N) is 1. The van der Waals surface area contributed by atoms with Crippen molar-refractivity contribution in [2.75, 3.05) is 23.3 Å². The Bertz CT molecular complexity index is 1550. The molecule has 3 aliphatic rings. The fraction of sp³-hybridized carbons (Fsp3) is 0.394. The summed E-state index contributed by atoms with van der Waals surface area (Å²) in [5.41, 5.74) is 4.84. The summed E-state index contributed by atoms with van der Waals surface area (Å²) in [5.74, 6) is -0.168. The minimum Gasteiger partial charge on any atom is -0.453 e. The molecule has 1 N–H and O–H groups in total. The van der Waals surface area contributed by atoms with Crippen LogP contribution in [0, 0.1) is 11.3 Å². The first-order valence-electron chi connectivity index (χ1n) is 14.5. The molecule has 2 aromatic rings. The van der Waals surface area contributed by atoms with Gasteiger partial charge in [-0.15, -0.1) is 0 Å². The molecule has 2 heterocycles. The number of aromatic nitrogens is 1. The number of unbranched alkanes of at least 4 members (excludes halogenated alkanes) is 7. The van der Waals surface area contributed by atoms with Crippen molar-refractivity contribution >= 4 is 28.4 Å². The normalized spacial score (nSPS) is 12.8. The first-order valence-corrected chi connectivity index (χ1v) is 14.5. The van der Waals surface area contributed by atoms with Crippen LogP contribution >= 0.6 is 0 Å². The monoisotopic (exact) mass is 536 g/mol. The predicted molar refractivity (Wildman–Crippen MR) is 159 cm³/mol. The minimum absolute atomic E-state index is 0.00610. The molecule has 0 atom stereocenters. The summed E-state index contributed by atoms with van der Waals surface area (Å²) in [5, 5.41) is 11.7. The maximum absolute atomic E-state index is 12.9. The lowest BCUT2D eigenvalue weighted by molar-refractivity contribution is 0.102. The van der Waals surface area contributed by atoms with Gasteiger partial charge in [0, 0.05) is 36.6 Å². The molecule has 7 heteroatoms. The summed E-state index contributed by atoms with van der Waals surface area (Å²) in [6, 6.07) is 15.5. The molecule has 1 aliphatic carbocycles. The number of benzene rings is 3. The van der Waals surface area contributed by atoms with Crippen molar-refractivity contribution in [3.8, 4) is 17.5 Å². The van der Waals surface area contributed by atoms with Gasteiger partial charge in [-0.25, -0.2) is 4.98 Å². The van der Waals surface area contributed by atoms with E-state index in [-0.39, 0.29) is 5.56 Å². The molecule has 0 fully saturated rings. The van der Waals surface area contributed by atoms with Gasteiger partial charge in [-0.3, -0.25) is 9.59 Å². The predicted octanol–water partition coefficient (Wildman–Crippen LogP) is 7.31. The number of hydrogen-bond acceptors (Lipinski definition) is 6. The summed E-state index contributed by atoms with van der Waals surface area (Å²) in [6.07, 6.45) is 12.5. The Hall–Kier alpha value is -4.18. The Morgan fingerprint density at radius 2 is 1.77 bits per heavy atom. The van der Waals surface area contributed by atoms with Gasteiger partial charge in [0.2, 0.25) is 0 Å². The number of carbonyl (C=O) groups is 1. The molecule has 0 bridgehead atoms. The number of nitriles is 1. The molecule has 206 valence electrons. The highest BCUT2D eigenvalue weighted by Crippen LogP contribution is 2.34. The second-order valence-corrected chi connectivity index (χ2v) is 10.7. The molecule has 2 aromatic carbocycles. The number of nitrogens with zero attached hydrogens (tertiary/aromatic N) is 3. The Morgan fingerprint density at radius 1 is 1.02 bits per heavy atom. The number of anilines is 2. The quantitative estimate of drug-likeness (QED) is 0.159. The first kappa shape index (κ1) is 27.4. The standard InChI is InChI=1S/C33H36N4O3/c1-2-3-4-5-6-7-8-9-16-37-17-10-11-24-18-27-31(20-29(24)37)40-32-21-30(38)26(19-28(32)36-27)33(39)35-25-14-12-23(22-34)13-15-25/h12-15,18-21H,2-11,16-17H2,1H3,(H,35,39). The number of hydrogen-bond donors (Lipinski definition) is 1. The van der Waals surface area contributed by atoms with E-state index in [0.29, 0.717) is 28.3 Å². The molecule has 0 unspecified atom stereocenters. The fourth-order valence-electron chi connectivity index (χ4n) is 5.49. The van der Waals surface area contributed by atoms with Crippen LogP contribution in [-0.4, -0.2) is 24.0 Å². The smallest absolute Gasteiger partial charge is 0.259 e. The maximum atomic E-state index is 12.9.